The average Bonchev–Trinajstić information content (AvgIpc) is 2.37. The standard InChI is InChI=1S/C15H14F2N2O/c16-12-3-1-2-10(6-12)4-5-19-15(20)11-7-13(17)9-14(18)8-11/h1-3,6-9H,4-5,18H2,(H,19,20). The van der Waals surface area contributed by atoms with Gasteiger partial charge in [-0.3, -0.25) is 4.79 Å². The molecule has 0 unspecified atom stereocenters. The number of nitrogens with two attached hydrogens (primary N) is 1. The lowest BCUT2D eigenvalue weighted by molar-refractivity contribution is 0.0953. The largest absolute Gasteiger partial charge is 0.399 e. The number of carbonyl (C=O) groups is 1. The fourth-order valence-corrected chi connectivity index (χ4v) is 1.86. The van der Waals surface area contributed by atoms with E-state index in [9.17, 15) is 13.6 Å². The highest BCUT2D eigenvalue weighted by Gasteiger charge is 2.07. The third-order valence-electron chi connectivity index (χ3n) is 2.77. The Morgan fingerprint density at radius 1 is 1.10 bits per heavy atom. The number of hydrogen-bond acceptors (Lipinski definition) is 2. The summed E-state index contributed by atoms with van der Waals surface area (Å²) in [7, 11) is 0. The fraction of sp³-hybridized carbons (Fsp3) is 0.133. The summed E-state index contributed by atoms with van der Waals surface area (Å²) in [6.07, 6.45) is 0.494. The highest BCUT2D eigenvalue weighted by atomic mass is 19.1. The van der Waals surface area contributed by atoms with Gasteiger partial charge in [0.1, 0.15) is 11.6 Å². The zero-order valence-corrected chi connectivity index (χ0v) is 10.7. The first-order valence-electron chi connectivity index (χ1n) is 6.13. The van der Waals surface area contributed by atoms with Gasteiger partial charge in [0.25, 0.3) is 5.91 Å². The van der Waals surface area contributed by atoms with Crippen molar-refractivity contribution in [2.45, 2.75) is 6.42 Å². The third kappa shape index (κ3) is 3.78. The summed E-state index contributed by atoms with van der Waals surface area (Å²) in [6, 6.07) is 9.82. The molecule has 2 rings (SSSR count). The van der Waals surface area contributed by atoms with Crippen LogP contribution < -0.4 is 11.1 Å². The van der Waals surface area contributed by atoms with Gasteiger partial charge in [-0.15, -0.1) is 0 Å². The summed E-state index contributed by atoms with van der Waals surface area (Å²) in [5, 5.41) is 2.64. The number of rotatable bonds is 4. The molecule has 1 amide bonds. The Hall–Kier alpha value is -2.43. The molecule has 0 atom stereocenters. The van der Waals surface area contributed by atoms with Crippen LogP contribution in [-0.2, 0) is 6.42 Å². The van der Waals surface area contributed by atoms with E-state index in [1.54, 1.807) is 12.1 Å². The molecule has 0 saturated heterocycles. The van der Waals surface area contributed by atoms with Crippen LogP contribution >= 0.6 is 0 Å². The zero-order chi connectivity index (χ0) is 14.5. The van der Waals surface area contributed by atoms with Crippen molar-refractivity contribution in [1.82, 2.24) is 5.32 Å². The van der Waals surface area contributed by atoms with Crippen LogP contribution in [-0.4, -0.2) is 12.5 Å². The topological polar surface area (TPSA) is 55.1 Å². The molecule has 0 radical (unpaired) electrons. The number of amides is 1. The Morgan fingerprint density at radius 3 is 2.60 bits per heavy atom. The van der Waals surface area contributed by atoms with Gasteiger partial charge in [0.05, 0.1) is 0 Å². The number of halogens is 2. The molecule has 0 aliphatic carbocycles. The molecule has 3 N–H and O–H groups in total. The Morgan fingerprint density at radius 2 is 1.90 bits per heavy atom. The van der Waals surface area contributed by atoms with Gasteiger partial charge in [0.2, 0.25) is 0 Å². The first-order valence-corrected chi connectivity index (χ1v) is 6.13. The quantitative estimate of drug-likeness (QED) is 0.843. The summed E-state index contributed by atoms with van der Waals surface area (Å²) in [5.74, 6) is -1.28. The minimum Gasteiger partial charge on any atom is -0.399 e. The van der Waals surface area contributed by atoms with Crippen molar-refractivity contribution in [2.24, 2.45) is 0 Å². The van der Waals surface area contributed by atoms with Gasteiger partial charge in [0.15, 0.2) is 0 Å². The van der Waals surface area contributed by atoms with E-state index in [1.807, 2.05) is 0 Å². The monoisotopic (exact) mass is 276 g/mol. The molecule has 20 heavy (non-hydrogen) atoms. The number of hydrogen-bond donors (Lipinski definition) is 2. The minimum atomic E-state index is -0.555. The van der Waals surface area contributed by atoms with E-state index >= 15 is 0 Å². The maximum atomic E-state index is 13.1. The molecular weight excluding hydrogens is 262 g/mol. The molecule has 2 aromatic carbocycles. The van der Waals surface area contributed by atoms with Crippen LogP contribution in [0.15, 0.2) is 42.5 Å². The van der Waals surface area contributed by atoms with Gasteiger partial charge in [-0.1, -0.05) is 12.1 Å². The molecular formula is C15H14F2N2O. The van der Waals surface area contributed by atoms with E-state index in [0.29, 0.717) is 13.0 Å². The van der Waals surface area contributed by atoms with Crippen molar-refractivity contribution >= 4 is 11.6 Å². The summed E-state index contributed by atoms with van der Waals surface area (Å²) in [6.45, 7) is 0.332. The van der Waals surface area contributed by atoms with Gasteiger partial charge in [-0.2, -0.15) is 0 Å². The van der Waals surface area contributed by atoms with Crippen LogP contribution in [0.1, 0.15) is 15.9 Å². The predicted octanol–water partition coefficient (Wildman–Crippen LogP) is 2.52. The molecule has 3 nitrogen and oxygen atoms in total. The maximum Gasteiger partial charge on any atom is 0.251 e. The van der Waals surface area contributed by atoms with Crippen LogP contribution in [0.3, 0.4) is 0 Å². The number of carbonyl (C=O) groups excluding carboxylic acids is 1. The lowest BCUT2D eigenvalue weighted by atomic mass is 10.1. The minimum absolute atomic E-state index is 0.168. The highest BCUT2D eigenvalue weighted by molar-refractivity contribution is 5.95. The number of nitrogen functional groups attached to an aromatic ring is 1. The SMILES string of the molecule is Nc1cc(F)cc(C(=O)NCCc2cccc(F)c2)c1. The van der Waals surface area contributed by atoms with E-state index in [4.69, 9.17) is 5.73 Å². The molecule has 0 fully saturated rings. The molecule has 0 heterocycles. The van der Waals surface area contributed by atoms with Gasteiger partial charge in [-0.25, -0.2) is 8.78 Å². The smallest absolute Gasteiger partial charge is 0.251 e. The predicted molar refractivity (Wildman–Crippen MR) is 73.2 cm³/mol. The van der Waals surface area contributed by atoms with Crippen molar-refractivity contribution in [3.8, 4) is 0 Å². The second kappa shape index (κ2) is 6.14. The Bertz CT molecular complexity index is 609. The first kappa shape index (κ1) is 14.0. The molecule has 0 aromatic heterocycles. The number of nitrogens with one attached hydrogen (secondary N) is 1. The van der Waals surface area contributed by atoms with Gasteiger partial charge in [-0.05, 0) is 42.3 Å². The van der Waals surface area contributed by atoms with Crippen LogP contribution in [0, 0.1) is 11.6 Å². The average molecular weight is 276 g/mol. The maximum absolute atomic E-state index is 13.1. The summed E-state index contributed by atoms with van der Waals surface area (Å²) >= 11 is 0. The highest BCUT2D eigenvalue weighted by Crippen LogP contribution is 2.10. The second-order valence-corrected chi connectivity index (χ2v) is 4.41. The molecule has 2 aromatic rings. The van der Waals surface area contributed by atoms with E-state index < -0.39 is 11.7 Å². The van der Waals surface area contributed by atoms with Gasteiger partial charge >= 0.3 is 0 Å². The lowest BCUT2D eigenvalue weighted by Gasteiger charge is -2.06. The van der Waals surface area contributed by atoms with Crippen LogP contribution in [0.2, 0.25) is 0 Å². The van der Waals surface area contributed by atoms with E-state index in [0.717, 1.165) is 17.7 Å². The van der Waals surface area contributed by atoms with Crippen LogP contribution in [0.4, 0.5) is 14.5 Å². The van der Waals surface area contributed by atoms with E-state index in [-0.39, 0.29) is 17.1 Å². The van der Waals surface area contributed by atoms with Crippen molar-refractivity contribution in [3.05, 3.63) is 65.2 Å². The number of benzene rings is 2. The lowest BCUT2D eigenvalue weighted by Crippen LogP contribution is -2.25. The van der Waals surface area contributed by atoms with Crippen molar-refractivity contribution < 1.29 is 13.6 Å². The fourth-order valence-electron chi connectivity index (χ4n) is 1.86. The van der Waals surface area contributed by atoms with Crippen molar-refractivity contribution in [2.75, 3.05) is 12.3 Å². The molecule has 0 spiro atoms. The molecule has 0 aliphatic rings. The molecule has 0 bridgehead atoms. The first-order chi connectivity index (χ1) is 9.54. The van der Waals surface area contributed by atoms with E-state index in [1.165, 1.54) is 18.2 Å². The number of anilines is 1. The van der Waals surface area contributed by atoms with Gasteiger partial charge < -0.3 is 11.1 Å². The molecule has 0 saturated carbocycles. The van der Waals surface area contributed by atoms with Crippen molar-refractivity contribution in [3.63, 3.8) is 0 Å². The Labute approximate surface area is 115 Å². The van der Waals surface area contributed by atoms with E-state index in [2.05, 4.69) is 5.32 Å². The van der Waals surface area contributed by atoms with Crippen molar-refractivity contribution in [1.29, 1.82) is 0 Å². The molecule has 104 valence electrons. The zero-order valence-electron chi connectivity index (χ0n) is 10.7. The summed E-state index contributed by atoms with van der Waals surface area (Å²) < 4.78 is 26.1. The van der Waals surface area contributed by atoms with Gasteiger partial charge in [0, 0.05) is 17.8 Å². The van der Waals surface area contributed by atoms with Crippen LogP contribution in [0.25, 0.3) is 0 Å². The third-order valence-corrected chi connectivity index (χ3v) is 2.77. The Kier molecular flexibility index (Phi) is 4.30. The summed E-state index contributed by atoms with van der Waals surface area (Å²) in [5.41, 5.74) is 6.62. The molecule has 0 aliphatic heterocycles. The normalized spacial score (nSPS) is 10.3. The van der Waals surface area contributed by atoms with Crippen LogP contribution in [0.5, 0.6) is 0 Å². The second-order valence-electron chi connectivity index (χ2n) is 4.41. The Balaban J connectivity index is 1.92. The summed E-state index contributed by atoms with van der Waals surface area (Å²) in [4.78, 5) is 11.8. The molecule has 5 heteroatoms.